The van der Waals surface area contributed by atoms with Crippen molar-refractivity contribution in [1.82, 2.24) is 19.9 Å². The smallest absolute Gasteiger partial charge is 0.164 e. The predicted octanol–water partition coefficient (Wildman–Crippen LogP) is 13.6. The van der Waals surface area contributed by atoms with Gasteiger partial charge in [-0.3, -0.25) is 0 Å². The predicted molar refractivity (Wildman–Crippen MR) is 252 cm³/mol. The molecule has 0 fully saturated rings. The zero-order valence-corrected chi connectivity index (χ0v) is 34.9. The highest BCUT2D eigenvalue weighted by molar-refractivity contribution is 7.99. The Hall–Kier alpha value is -7.15. The van der Waals surface area contributed by atoms with Crippen LogP contribution < -0.4 is 4.74 Å². The maximum atomic E-state index is 6.74. The minimum absolute atomic E-state index is 0.128. The molecule has 2 aromatic heterocycles. The van der Waals surface area contributed by atoms with E-state index in [0.717, 1.165) is 64.1 Å². The summed E-state index contributed by atoms with van der Waals surface area (Å²) in [5.41, 5.74) is 14.3. The van der Waals surface area contributed by atoms with E-state index in [1.807, 2.05) is 36.0 Å². The highest BCUT2D eigenvalue weighted by Crippen LogP contribution is 2.53. The largest absolute Gasteiger partial charge is 0.482 e. The summed E-state index contributed by atoms with van der Waals surface area (Å²) in [5.74, 6) is 3.07. The molecule has 0 saturated heterocycles. The fraction of sp³-hybridized carbons (Fsp3) is 0.107. The second-order valence-electron chi connectivity index (χ2n) is 16.6. The zero-order chi connectivity index (χ0) is 41.2. The molecule has 2 aliphatic heterocycles. The summed E-state index contributed by atoms with van der Waals surface area (Å²) in [6.45, 7) is 2.20. The molecule has 2 aliphatic carbocycles. The number of para-hydroxylation sites is 1. The third kappa shape index (κ3) is 6.24. The SMILES string of the molecule is CC12Oc3ccccc3C1C=CC=C2c1cccc(-c2nc(C3=CC=C(c4nc5cc(-c6ccccc6)ccc5c5c4Sc4ccccc4C5)CC3)nc(-c3ccccc3)n2)c1. The fourth-order valence-corrected chi connectivity index (χ4v) is 10.8. The van der Waals surface area contributed by atoms with Crippen molar-refractivity contribution >= 4 is 39.4 Å². The van der Waals surface area contributed by atoms with Crippen LogP contribution in [0.1, 0.15) is 59.5 Å². The van der Waals surface area contributed by atoms with Crippen LogP contribution in [-0.4, -0.2) is 25.5 Å². The zero-order valence-electron chi connectivity index (χ0n) is 34.1. The van der Waals surface area contributed by atoms with Crippen LogP contribution in [0.3, 0.4) is 0 Å². The van der Waals surface area contributed by atoms with Gasteiger partial charge >= 0.3 is 0 Å². The van der Waals surface area contributed by atoms with Crippen molar-refractivity contribution in [2.75, 3.05) is 0 Å². The number of hydrogen-bond acceptors (Lipinski definition) is 6. The van der Waals surface area contributed by atoms with E-state index in [2.05, 4.69) is 165 Å². The molecule has 62 heavy (non-hydrogen) atoms. The van der Waals surface area contributed by atoms with Crippen LogP contribution in [-0.2, 0) is 6.42 Å². The van der Waals surface area contributed by atoms with Gasteiger partial charge in [-0.25, -0.2) is 19.9 Å². The van der Waals surface area contributed by atoms with Gasteiger partial charge in [0.25, 0.3) is 0 Å². The molecular weight excluding hydrogens is 777 g/mol. The Morgan fingerprint density at radius 2 is 1.27 bits per heavy atom. The van der Waals surface area contributed by atoms with E-state index in [4.69, 9.17) is 24.7 Å². The van der Waals surface area contributed by atoms with E-state index in [9.17, 15) is 0 Å². The van der Waals surface area contributed by atoms with Crippen LogP contribution in [0, 0.1) is 0 Å². The van der Waals surface area contributed by atoms with Gasteiger partial charge in [0.1, 0.15) is 11.4 Å². The average Bonchev–Trinajstić information content (AvgIpc) is 3.65. The molecule has 6 aromatic carbocycles. The van der Waals surface area contributed by atoms with Gasteiger partial charge < -0.3 is 4.74 Å². The van der Waals surface area contributed by atoms with Crippen molar-refractivity contribution < 1.29 is 4.74 Å². The normalized spacial score (nSPS) is 18.4. The molecule has 0 spiro atoms. The average molecular weight is 817 g/mol. The summed E-state index contributed by atoms with van der Waals surface area (Å²) < 4.78 is 6.74. The molecule has 0 N–H and O–H groups in total. The van der Waals surface area contributed by atoms with Crippen LogP contribution in [0.25, 0.3) is 61.5 Å². The first kappa shape index (κ1) is 36.7. The molecule has 2 unspecified atom stereocenters. The summed E-state index contributed by atoms with van der Waals surface area (Å²) >= 11 is 1.85. The van der Waals surface area contributed by atoms with Crippen molar-refractivity contribution in [2.45, 2.75) is 47.5 Å². The van der Waals surface area contributed by atoms with Gasteiger partial charge in [-0.2, -0.15) is 0 Å². The number of nitrogens with zero attached hydrogens (tertiary/aromatic N) is 4. The lowest BCUT2D eigenvalue weighted by Gasteiger charge is -2.34. The Balaban J connectivity index is 0.939. The van der Waals surface area contributed by atoms with Gasteiger partial charge in [0, 0.05) is 49.8 Å². The number of allylic oxidation sites excluding steroid dienone is 6. The van der Waals surface area contributed by atoms with E-state index >= 15 is 0 Å². The topological polar surface area (TPSA) is 60.8 Å². The molecule has 4 aliphatic rings. The van der Waals surface area contributed by atoms with E-state index in [0.29, 0.717) is 17.5 Å². The summed E-state index contributed by atoms with van der Waals surface area (Å²) in [7, 11) is 0. The molecule has 4 heterocycles. The van der Waals surface area contributed by atoms with Gasteiger partial charge in [0.15, 0.2) is 17.5 Å². The molecule has 0 bridgehead atoms. The molecule has 12 rings (SSSR count). The lowest BCUT2D eigenvalue weighted by Crippen LogP contribution is -2.36. The third-order valence-corrected chi connectivity index (χ3v) is 14.1. The highest BCUT2D eigenvalue weighted by atomic mass is 32.2. The molecule has 8 aromatic rings. The lowest BCUT2D eigenvalue weighted by molar-refractivity contribution is 0.166. The van der Waals surface area contributed by atoms with Crippen LogP contribution in [0.15, 0.2) is 192 Å². The second kappa shape index (κ2) is 14.8. The van der Waals surface area contributed by atoms with E-state index in [1.54, 1.807) is 0 Å². The van der Waals surface area contributed by atoms with Crippen molar-refractivity contribution in [3.8, 4) is 39.7 Å². The van der Waals surface area contributed by atoms with Crippen LogP contribution in [0.4, 0.5) is 0 Å². The molecule has 296 valence electrons. The van der Waals surface area contributed by atoms with Crippen LogP contribution >= 0.6 is 11.8 Å². The Morgan fingerprint density at radius 3 is 2.11 bits per heavy atom. The van der Waals surface area contributed by atoms with Gasteiger partial charge in [-0.15, -0.1) is 0 Å². The molecule has 2 atom stereocenters. The fourth-order valence-electron chi connectivity index (χ4n) is 9.63. The van der Waals surface area contributed by atoms with Crippen molar-refractivity contribution in [3.05, 3.63) is 216 Å². The van der Waals surface area contributed by atoms with Gasteiger partial charge in [0.05, 0.1) is 11.2 Å². The minimum Gasteiger partial charge on any atom is -0.482 e. The van der Waals surface area contributed by atoms with E-state index < -0.39 is 5.60 Å². The number of rotatable bonds is 6. The van der Waals surface area contributed by atoms with Crippen LogP contribution in [0.2, 0.25) is 0 Å². The third-order valence-electron chi connectivity index (χ3n) is 12.8. The summed E-state index contributed by atoms with van der Waals surface area (Å²) in [6, 6.07) is 53.3. The van der Waals surface area contributed by atoms with Gasteiger partial charge in [0.2, 0.25) is 0 Å². The highest BCUT2D eigenvalue weighted by Gasteiger charge is 2.47. The molecule has 0 radical (unpaired) electrons. The number of ether oxygens (including phenoxy) is 1. The maximum absolute atomic E-state index is 6.74. The van der Waals surface area contributed by atoms with E-state index in [1.165, 1.54) is 48.6 Å². The standard InChI is InChI=1S/C56H40N4OS/c1-56-46(22-13-23-47(56)44-21-9-10-24-49(44)61-56)40-19-12-20-42(32-40)55-59-53(37-16-6-3-7-17-37)58-54(60-55)38-28-26-36(27-29-38)51-52-45(33-41-18-8-11-25-50(41)62-52)43-31-30-39(34-48(43)57-51)35-14-4-2-5-15-35/h2-26,28,30-32,34,47H,27,29,33H2,1H3. The number of aromatic nitrogens is 4. The molecule has 5 nitrogen and oxygen atoms in total. The molecule has 6 heteroatoms. The number of hydrogen-bond donors (Lipinski definition) is 0. The molecule has 0 amide bonds. The Bertz CT molecular complexity index is 3240. The first-order valence-corrected chi connectivity index (χ1v) is 22.1. The quantitative estimate of drug-likeness (QED) is 0.167. The maximum Gasteiger partial charge on any atom is 0.164 e. The molecular formula is C56H40N4OS. The van der Waals surface area contributed by atoms with Crippen molar-refractivity contribution in [3.63, 3.8) is 0 Å². The van der Waals surface area contributed by atoms with Crippen molar-refractivity contribution in [2.24, 2.45) is 0 Å². The molecule has 0 saturated carbocycles. The second-order valence-corrected chi connectivity index (χ2v) is 17.6. The Kier molecular flexibility index (Phi) is 8.75. The Labute approximate surface area is 365 Å². The van der Waals surface area contributed by atoms with Gasteiger partial charge in [-0.1, -0.05) is 170 Å². The van der Waals surface area contributed by atoms with E-state index in [-0.39, 0.29) is 5.92 Å². The first-order valence-electron chi connectivity index (χ1n) is 21.3. The number of fused-ring (bicyclic) bond motifs is 7. The van der Waals surface area contributed by atoms with Crippen molar-refractivity contribution in [1.29, 1.82) is 0 Å². The monoisotopic (exact) mass is 816 g/mol. The summed E-state index contributed by atoms with van der Waals surface area (Å²) in [4.78, 5) is 23.5. The lowest BCUT2D eigenvalue weighted by atomic mass is 9.74. The summed E-state index contributed by atoms with van der Waals surface area (Å²) in [5, 5.41) is 1.22. The van der Waals surface area contributed by atoms with Gasteiger partial charge in [-0.05, 0) is 83.0 Å². The van der Waals surface area contributed by atoms with Crippen LogP contribution in [0.5, 0.6) is 5.75 Å². The number of benzene rings is 6. The first-order chi connectivity index (χ1) is 30.6. The summed E-state index contributed by atoms with van der Waals surface area (Å²) in [6.07, 6.45) is 13.5. The number of pyridine rings is 1. The Morgan fingerprint density at radius 1 is 0.581 bits per heavy atom. The minimum atomic E-state index is -0.529.